The predicted octanol–water partition coefficient (Wildman–Crippen LogP) is 2.33. The first-order valence-corrected chi connectivity index (χ1v) is 4.83. The van der Waals surface area contributed by atoms with E-state index in [1.165, 1.54) is 0 Å². The topological polar surface area (TPSA) is 42.9 Å². The van der Waals surface area contributed by atoms with Crippen molar-refractivity contribution in [2.45, 2.75) is 19.8 Å². The third-order valence-electron chi connectivity index (χ3n) is 1.86. The fourth-order valence-electron chi connectivity index (χ4n) is 1.01. The summed E-state index contributed by atoms with van der Waals surface area (Å²) in [5.74, 6) is 0.820. The average molecular weight is 202 g/mol. The highest BCUT2D eigenvalue weighted by Gasteiger charge is 1.94. The summed E-state index contributed by atoms with van der Waals surface area (Å²) < 4.78 is 0. The molecule has 1 aromatic rings. The molecule has 0 aromatic carbocycles. The number of rotatable bonds is 5. The van der Waals surface area contributed by atoms with Crippen molar-refractivity contribution in [1.29, 1.82) is 0 Å². The summed E-state index contributed by atoms with van der Waals surface area (Å²) in [4.78, 5) is 19.3. The number of ketones is 1. The largest absolute Gasteiger partial charge is 0.295 e. The molecular formula is C12H14N2O. The van der Waals surface area contributed by atoms with Crippen LogP contribution in [0.4, 0.5) is 0 Å². The van der Waals surface area contributed by atoms with Crippen molar-refractivity contribution in [2.75, 3.05) is 0 Å². The first-order valence-electron chi connectivity index (χ1n) is 4.83. The van der Waals surface area contributed by atoms with Gasteiger partial charge in [0, 0.05) is 24.4 Å². The number of hydrogen-bond donors (Lipinski definition) is 0. The lowest BCUT2D eigenvalue weighted by molar-refractivity contribution is -0.114. The zero-order chi connectivity index (χ0) is 11.1. The molecule has 78 valence electrons. The second-order valence-corrected chi connectivity index (χ2v) is 3.19. The van der Waals surface area contributed by atoms with Crippen LogP contribution < -0.4 is 0 Å². The Morgan fingerprint density at radius 3 is 2.73 bits per heavy atom. The van der Waals surface area contributed by atoms with Crippen LogP contribution in [0.3, 0.4) is 0 Å². The second-order valence-electron chi connectivity index (χ2n) is 3.19. The Bertz CT molecular complexity index is 366. The van der Waals surface area contributed by atoms with Gasteiger partial charge in [-0.3, -0.25) is 4.79 Å². The summed E-state index contributed by atoms with van der Waals surface area (Å²) >= 11 is 0. The summed E-state index contributed by atoms with van der Waals surface area (Å²) in [7, 11) is 0. The molecule has 1 heterocycles. The highest BCUT2D eigenvalue weighted by Crippen LogP contribution is 2.00. The van der Waals surface area contributed by atoms with Gasteiger partial charge in [0.15, 0.2) is 5.78 Å². The Hall–Kier alpha value is -1.77. The molecule has 3 heteroatoms. The maximum atomic E-state index is 11.3. The minimum absolute atomic E-state index is 0.0930. The Morgan fingerprint density at radius 1 is 1.47 bits per heavy atom. The van der Waals surface area contributed by atoms with Crippen molar-refractivity contribution in [3.63, 3.8) is 0 Å². The van der Waals surface area contributed by atoms with Crippen LogP contribution in [0.25, 0.3) is 6.08 Å². The van der Waals surface area contributed by atoms with Crippen LogP contribution in [0, 0.1) is 6.92 Å². The predicted molar refractivity (Wildman–Crippen MR) is 60.2 cm³/mol. The minimum atomic E-state index is 0.0930. The van der Waals surface area contributed by atoms with Gasteiger partial charge >= 0.3 is 0 Å². The van der Waals surface area contributed by atoms with Crippen molar-refractivity contribution in [3.8, 4) is 0 Å². The molecule has 0 saturated carbocycles. The van der Waals surface area contributed by atoms with Gasteiger partial charge in [0.05, 0.1) is 0 Å². The first-order chi connectivity index (χ1) is 7.22. The molecule has 0 atom stereocenters. The fraction of sp³-hybridized carbons (Fsp3) is 0.250. The lowest BCUT2D eigenvalue weighted by Crippen LogP contribution is -1.91. The highest BCUT2D eigenvalue weighted by atomic mass is 16.1. The quantitative estimate of drug-likeness (QED) is 0.543. The number of aryl methyl sites for hydroxylation is 1. The van der Waals surface area contributed by atoms with Crippen LogP contribution in [0.5, 0.6) is 0 Å². The smallest absolute Gasteiger partial charge is 0.156 e. The van der Waals surface area contributed by atoms with Gasteiger partial charge in [-0.1, -0.05) is 6.08 Å². The maximum Gasteiger partial charge on any atom is 0.156 e. The van der Waals surface area contributed by atoms with Crippen LogP contribution in [0.15, 0.2) is 31.1 Å². The van der Waals surface area contributed by atoms with Crippen molar-refractivity contribution < 1.29 is 4.79 Å². The van der Waals surface area contributed by atoms with E-state index in [0.29, 0.717) is 12.8 Å². The molecule has 0 N–H and O–H groups in total. The van der Waals surface area contributed by atoms with Gasteiger partial charge in [0.1, 0.15) is 5.82 Å². The molecule has 15 heavy (non-hydrogen) atoms. The SMILES string of the molecule is C=CCCC(=O)C=Cc1cnc(C)nc1. The maximum absolute atomic E-state index is 11.3. The lowest BCUT2D eigenvalue weighted by atomic mass is 10.2. The standard InChI is InChI=1S/C12H14N2O/c1-3-4-5-12(15)7-6-11-8-13-10(2)14-9-11/h3,6-9H,1,4-5H2,2H3. The number of allylic oxidation sites excluding steroid dienone is 2. The molecule has 0 saturated heterocycles. The van der Waals surface area contributed by atoms with Gasteiger partial charge in [-0.15, -0.1) is 6.58 Å². The van der Waals surface area contributed by atoms with Crippen molar-refractivity contribution in [3.05, 3.63) is 42.5 Å². The number of aromatic nitrogens is 2. The average Bonchev–Trinajstić information content (AvgIpc) is 2.25. The van der Waals surface area contributed by atoms with Gasteiger partial charge in [-0.2, -0.15) is 0 Å². The monoisotopic (exact) mass is 202 g/mol. The van der Waals surface area contributed by atoms with E-state index in [1.54, 1.807) is 30.6 Å². The Kier molecular flexibility index (Phi) is 4.41. The summed E-state index contributed by atoms with van der Waals surface area (Å²) in [6, 6.07) is 0. The summed E-state index contributed by atoms with van der Waals surface area (Å²) in [6.45, 7) is 5.39. The van der Waals surface area contributed by atoms with Crippen LogP contribution in [-0.2, 0) is 4.79 Å². The van der Waals surface area contributed by atoms with Crippen LogP contribution in [-0.4, -0.2) is 15.8 Å². The summed E-state index contributed by atoms with van der Waals surface area (Å²) in [5.41, 5.74) is 0.840. The van der Waals surface area contributed by atoms with Gasteiger partial charge in [0.25, 0.3) is 0 Å². The van der Waals surface area contributed by atoms with Crippen molar-refractivity contribution in [1.82, 2.24) is 9.97 Å². The Labute approximate surface area is 89.6 Å². The van der Waals surface area contributed by atoms with Gasteiger partial charge in [-0.05, 0) is 25.5 Å². The molecule has 0 aliphatic rings. The molecule has 0 fully saturated rings. The lowest BCUT2D eigenvalue weighted by Gasteiger charge is -1.93. The molecule has 0 radical (unpaired) electrons. The Morgan fingerprint density at radius 2 is 2.13 bits per heavy atom. The van der Waals surface area contributed by atoms with E-state index in [-0.39, 0.29) is 5.78 Å². The van der Waals surface area contributed by atoms with Crippen LogP contribution in [0.1, 0.15) is 24.2 Å². The molecule has 0 spiro atoms. The molecule has 0 aliphatic carbocycles. The van der Waals surface area contributed by atoms with E-state index in [1.807, 2.05) is 6.92 Å². The molecule has 0 bridgehead atoms. The Balaban J connectivity index is 2.53. The zero-order valence-corrected chi connectivity index (χ0v) is 8.81. The van der Waals surface area contributed by atoms with E-state index < -0.39 is 0 Å². The van der Waals surface area contributed by atoms with Crippen LogP contribution in [0.2, 0.25) is 0 Å². The molecule has 3 nitrogen and oxygen atoms in total. The highest BCUT2D eigenvalue weighted by molar-refractivity contribution is 5.93. The van der Waals surface area contributed by atoms with Gasteiger partial charge < -0.3 is 0 Å². The van der Waals surface area contributed by atoms with E-state index in [9.17, 15) is 4.79 Å². The number of hydrogen-bond acceptors (Lipinski definition) is 3. The van der Waals surface area contributed by atoms with Gasteiger partial charge in [0.2, 0.25) is 0 Å². The van der Waals surface area contributed by atoms with Crippen LogP contribution >= 0.6 is 0 Å². The van der Waals surface area contributed by atoms with Crippen molar-refractivity contribution in [2.24, 2.45) is 0 Å². The molecule has 1 aromatic heterocycles. The van der Waals surface area contributed by atoms with E-state index in [2.05, 4.69) is 16.5 Å². The molecule has 0 unspecified atom stereocenters. The normalized spacial score (nSPS) is 10.5. The number of nitrogens with zero attached hydrogens (tertiary/aromatic N) is 2. The molecular weight excluding hydrogens is 188 g/mol. The van der Waals surface area contributed by atoms with E-state index in [4.69, 9.17) is 0 Å². The summed E-state index contributed by atoms with van der Waals surface area (Å²) in [6.07, 6.45) is 9.63. The molecule has 1 rings (SSSR count). The fourth-order valence-corrected chi connectivity index (χ4v) is 1.01. The van der Waals surface area contributed by atoms with E-state index >= 15 is 0 Å². The summed E-state index contributed by atoms with van der Waals surface area (Å²) in [5, 5.41) is 0. The second kappa shape index (κ2) is 5.86. The molecule has 0 aliphatic heterocycles. The third kappa shape index (κ3) is 4.31. The van der Waals surface area contributed by atoms with E-state index in [0.717, 1.165) is 11.4 Å². The van der Waals surface area contributed by atoms with Gasteiger partial charge in [-0.25, -0.2) is 9.97 Å². The number of carbonyl (C=O) groups excluding carboxylic acids is 1. The minimum Gasteiger partial charge on any atom is -0.295 e. The number of carbonyl (C=O) groups is 1. The first kappa shape index (κ1) is 11.3. The molecule has 0 amide bonds. The van der Waals surface area contributed by atoms with Crippen molar-refractivity contribution >= 4 is 11.9 Å². The zero-order valence-electron chi connectivity index (χ0n) is 8.81. The third-order valence-corrected chi connectivity index (χ3v) is 1.86.